The van der Waals surface area contributed by atoms with Gasteiger partial charge in [-0.25, -0.2) is 0 Å². The minimum atomic E-state index is 0.199. The molecule has 3 nitrogen and oxygen atoms in total. The van der Waals surface area contributed by atoms with Crippen LogP contribution in [0, 0.1) is 17.8 Å². The lowest BCUT2D eigenvalue weighted by Gasteiger charge is -2.42. The summed E-state index contributed by atoms with van der Waals surface area (Å²) in [5.41, 5.74) is 1.05. The molecule has 1 aromatic carbocycles. The number of carbonyl (C=O) groups is 1. The van der Waals surface area contributed by atoms with E-state index in [-0.39, 0.29) is 11.8 Å². The lowest BCUT2D eigenvalue weighted by atomic mass is 9.79. The van der Waals surface area contributed by atoms with Crippen LogP contribution in [0.15, 0.2) is 24.3 Å². The number of para-hydroxylation sites is 1. The van der Waals surface area contributed by atoms with Gasteiger partial charge in [0.05, 0.1) is 11.2 Å². The summed E-state index contributed by atoms with van der Waals surface area (Å²) in [6.07, 6.45) is 4.80. The van der Waals surface area contributed by atoms with Gasteiger partial charge in [-0.1, -0.05) is 18.2 Å². The van der Waals surface area contributed by atoms with Crippen molar-refractivity contribution in [3.8, 4) is 5.75 Å². The van der Waals surface area contributed by atoms with E-state index in [9.17, 15) is 4.79 Å². The summed E-state index contributed by atoms with van der Waals surface area (Å²) in [4.78, 5) is 12.7. The van der Waals surface area contributed by atoms with Gasteiger partial charge in [-0.3, -0.25) is 4.79 Å². The van der Waals surface area contributed by atoms with Crippen molar-refractivity contribution < 1.29 is 9.53 Å². The molecular formula is C19H25NO2S2. The molecular weight excluding hydrogens is 338 g/mol. The fourth-order valence-electron chi connectivity index (χ4n) is 4.79. The topological polar surface area (TPSA) is 38.3 Å². The van der Waals surface area contributed by atoms with Crippen molar-refractivity contribution in [1.82, 2.24) is 5.32 Å². The van der Waals surface area contributed by atoms with Crippen LogP contribution < -0.4 is 10.1 Å². The summed E-state index contributed by atoms with van der Waals surface area (Å²) in [5, 5.41) is 3.16. The molecule has 5 heteroatoms. The van der Waals surface area contributed by atoms with Gasteiger partial charge < -0.3 is 10.1 Å². The van der Waals surface area contributed by atoms with Crippen LogP contribution in [0.3, 0.4) is 0 Å². The second-order valence-corrected chi connectivity index (χ2v) is 10.1. The number of hydrogen-bond donors (Lipinski definition) is 1. The maximum atomic E-state index is 12.7. The Morgan fingerprint density at radius 2 is 1.88 bits per heavy atom. The van der Waals surface area contributed by atoms with Gasteiger partial charge in [0.1, 0.15) is 5.75 Å². The minimum Gasteiger partial charge on any atom is -0.496 e. The molecule has 2 saturated carbocycles. The zero-order chi connectivity index (χ0) is 16.6. The van der Waals surface area contributed by atoms with E-state index in [4.69, 9.17) is 4.74 Å². The maximum Gasteiger partial charge on any atom is 0.223 e. The van der Waals surface area contributed by atoms with E-state index in [1.54, 1.807) is 7.11 Å². The zero-order valence-electron chi connectivity index (χ0n) is 14.1. The van der Waals surface area contributed by atoms with Crippen molar-refractivity contribution in [2.45, 2.75) is 36.3 Å². The molecule has 1 saturated heterocycles. The van der Waals surface area contributed by atoms with E-state index in [0.717, 1.165) is 36.0 Å². The highest BCUT2D eigenvalue weighted by molar-refractivity contribution is 8.21. The van der Waals surface area contributed by atoms with E-state index in [0.29, 0.717) is 10.6 Å². The normalized spacial score (nSPS) is 30.5. The van der Waals surface area contributed by atoms with Gasteiger partial charge in [0.2, 0.25) is 5.91 Å². The number of hydrogen-bond acceptors (Lipinski definition) is 4. The molecule has 24 heavy (non-hydrogen) atoms. The summed E-state index contributed by atoms with van der Waals surface area (Å²) in [6, 6.07) is 7.91. The Bertz CT molecular complexity index is 599. The number of amides is 1. The summed E-state index contributed by atoms with van der Waals surface area (Å²) in [6.45, 7) is 0.559. The Balaban J connectivity index is 1.38. The molecule has 1 heterocycles. The molecule has 1 unspecified atom stereocenters. The predicted octanol–water partition coefficient (Wildman–Crippen LogP) is 3.92. The van der Waals surface area contributed by atoms with Crippen molar-refractivity contribution in [1.29, 1.82) is 0 Å². The highest BCUT2D eigenvalue weighted by atomic mass is 32.2. The van der Waals surface area contributed by atoms with Gasteiger partial charge in [0.15, 0.2) is 0 Å². The summed E-state index contributed by atoms with van der Waals surface area (Å²) in [7, 11) is 1.68. The van der Waals surface area contributed by atoms with Crippen LogP contribution in [0.25, 0.3) is 0 Å². The van der Waals surface area contributed by atoms with Crippen LogP contribution in [0.4, 0.5) is 0 Å². The van der Waals surface area contributed by atoms with E-state index < -0.39 is 0 Å². The van der Waals surface area contributed by atoms with Gasteiger partial charge in [-0.2, -0.15) is 0 Å². The van der Waals surface area contributed by atoms with Gasteiger partial charge >= 0.3 is 0 Å². The Labute approximate surface area is 152 Å². The monoisotopic (exact) mass is 363 g/mol. The molecule has 2 bridgehead atoms. The second-order valence-electron chi connectivity index (χ2n) is 7.09. The van der Waals surface area contributed by atoms with Crippen LogP contribution in [-0.2, 0) is 11.3 Å². The average Bonchev–Trinajstić information content (AvgIpc) is 3.15. The predicted molar refractivity (Wildman–Crippen MR) is 101 cm³/mol. The first-order chi connectivity index (χ1) is 11.7. The first kappa shape index (κ1) is 16.6. The third-order valence-corrected chi connectivity index (χ3v) is 9.91. The van der Waals surface area contributed by atoms with E-state index in [1.807, 2.05) is 24.3 Å². The first-order valence-electron chi connectivity index (χ1n) is 8.90. The van der Waals surface area contributed by atoms with E-state index in [2.05, 4.69) is 28.8 Å². The molecule has 0 aromatic heterocycles. The Morgan fingerprint density at radius 3 is 2.54 bits per heavy atom. The summed E-state index contributed by atoms with van der Waals surface area (Å²) in [5.74, 6) is 5.33. The van der Waals surface area contributed by atoms with Crippen LogP contribution in [0.5, 0.6) is 5.75 Å². The molecule has 1 amide bonds. The third kappa shape index (κ3) is 2.84. The fraction of sp³-hybridized carbons (Fsp3) is 0.632. The van der Waals surface area contributed by atoms with Crippen molar-refractivity contribution in [3.63, 3.8) is 0 Å². The van der Waals surface area contributed by atoms with Crippen LogP contribution in [0.1, 0.15) is 31.2 Å². The standard InChI is InChI=1S/C19H25NO2S2/c1-22-17-5-3-2-4-13(17)12-20-18(21)14-10-15-6-7-16(11-14)19(15)23-8-9-24-19/h2-5,14-16H,6-12H2,1H3,(H,20,21)/t14?,15-,16+. The Morgan fingerprint density at radius 1 is 1.21 bits per heavy atom. The molecule has 3 atom stereocenters. The number of nitrogens with one attached hydrogen (secondary N) is 1. The largest absolute Gasteiger partial charge is 0.496 e. The highest BCUT2D eigenvalue weighted by Crippen LogP contribution is 2.65. The van der Waals surface area contributed by atoms with Crippen LogP contribution >= 0.6 is 23.5 Å². The lowest BCUT2D eigenvalue weighted by molar-refractivity contribution is -0.126. The molecule has 0 radical (unpaired) electrons. The zero-order valence-corrected chi connectivity index (χ0v) is 15.8. The Kier molecular flexibility index (Phi) is 4.74. The quantitative estimate of drug-likeness (QED) is 0.880. The van der Waals surface area contributed by atoms with Gasteiger partial charge in [0.25, 0.3) is 0 Å². The van der Waals surface area contributed by atoms with Crippen molar-refractivity contribution >= 4 is 29.4 Å². The second kappa shape index (κ2) is 6.83. The SMILES string of the molecule is COc1ccccc1CNC(=O)C1C[C@H]2CC[C@@H](C1)C21SCCS1. The molecule has 2 aliphatic carbocycles. The van der Waals surface area contributed by atoms with Crippen LogP contribution in [0.2, 0.25) is 0 Å². The molecule has 1 aromatic rings. The third-order valence-electron chi connectivity index (χ3n) is 5.89. The average molecular weight is 364 g/mol. The van der Waals surface area contributed by atoms with Gasteiger partial charge in [-0.15, -0.1) is 23.5 Å². The van der Waals surface area contributed by atoms with Crippen molar-refractivity contribution in [2.75, 3.05) is 18.6 Å². The molecule has 1 spiro atoms. The summed E-state index contributed by atoms with van der Waals surface area (Å²) >= 11 is 4.38. The number of carbonyl (C=O) groups excluding carboxylic acids is 1. The van der Waals surface area contributed by atoms with Crippen molar-refractivity contribution in [2.24, 2.45) is 17.8 Å². The first-order valence-corrected chi connectivity index (χ1v) is 10.9. The molecule has 3 aliphatic rings. The highest BCUT2D eigenvalue weighted by Gasteiger charge is 2.57. The number of thioether (sulfide) groups is 2. The van der Waals surface area contributed by atoms with Crippen molar-refractivity contribution in [3.05, 3.63) is 29.8 Å². The molecule has 130 valence electrons. The Hall–Kier alpha value is -0.810. The van der Waals surface area contributed by atoms with Gasteiger partial charge in [-0.05, 0) is 43.6 Å². The summed E-state index contributed by atoms with van der Waals surface area (Å²) < 4.78 is 5.83. The maximum absolute atomic E-state index is 12.7. The number of ether oxygens (including phenoxy) is 1. The molecule has 1 aliphatic heterocycles. The fourth-order valence-corrected chi connectivity index (χ4v) is 8.73. The number of methoxy groups -OCH3 is 1. The van der Waals surface area contributed by atoms with E-state index in [1.165, 1.54) is 24.3 Å². The van der Waals surface area contributed by atoms with Crippen LogP contribution in [-0.4, -0.2) is 28.6 Å². The minimum absolute atomic E-state index is 0.199. The molecule has 3 fully saturated rings. The number of benzene rings is 1. The van der Waals surface area contributed by atoms with Gasteiger partial charge in [0, 0.05) is 29.5 Å². The van der Waals surface area contributed by atoms with E-state index >= 15 is 0 Å². The lowest BCUT2D eigenvalue weighted by Crippen LogP contribution is -2.42. The molecule has 1 N–H and O–H groups in total. The smallest absolute Gasteiger partial charge is 0.223 e. The molecule has 4 rings (SSSR count). The number of rotatable bonds is 4.